The molecule has 3 heterocycles. The Morgan fingerprint density at radius 3 is 3.09 bits per heavy atom. The lowest BCUT2D eigenvalue weighted by Gasteiger charge is -2.35. The molecule has 2 unspecified atom stereocenters. The molecule has 22 heavy (non-hydrogen) atoms. The van der Waals surface area contributed by atoms with Crippen LogP contribution in [-0.4, -0.2) is 40.7 Å². The van der Waals surface area contributed by atoms with Gasteiger partial charge in [-0.05, 0) is 54.4 Å². The van der Waals surface area contributed by atoms with Crippen LogP contribution in [0.3, 0.4) is 0 Å². The van der Waals surface area contributed by atoms with Gasteiger partial charge >= 0.3 is 5.97 Å². The SMILES string of the molecule is O=C(O)CCC1CCCN(C(=O)C2SCCc3sccc32)C1. The van der Waals surface area contributed by atoms with E-state index in [2.05, 4.69) is 11.4 Å². The smallest absolute Gasteiger partial charge is 0.303 e. The van der Waals surface area contributed by atoms with Crippen molar-refractivity contribution in [2.75, 3.05) is 18.8 Å². The lowest BCUT2D eigenvalue weighted by Crippen LogP contribution is -2.42. The van der Waals surface area contributed by atoms with Crippen molar-refractivity contribution in [1.82, 2.24) is 4.90 Å². The molecule has 0 radical (unpaired) electrons. The van der Waals surface area contributed by atoms with Crippen LogP contribution in [0.1, 0.15) is 41.4 Å². The molecule has 0 aliphatic carbocycles. The van der Waals surface area contributed by atoms with Crippen molar-refractivity contribution >= 4 is 35.0 Å². The molecule has 0 bridgehead atoms. The van der Waals surface area contributed by atoms with Gasteiger partial charge in [0, 0.05) is 24.4 Å². The van der Waals surface area contributed by atoms with Crippen LogP contribution >= 0.6 is 23.1 Å². The fourth-order valence-corrected chi connectivity index (χ4v) is 5.72. The number of hydrogen-bond donors (Lipinski definition) is 1. The van der Waals surface area contributed by atoms with E-state index < -0.39 is 5.97 Å². The molecule has 2 aliphatic heterocycles. The minimum Gasteiger partial charge on any atom is -0.481 e. The summed E-state index contributed by atoms with van der Waals surface area (Å²) in [6, 6.07) is 2.10. The zero-order valence-corrected chi connectivity index (χ0v) is 14.1. The molecule has 4 nitrogen and oxygen atoms in total. The highest BCUT2D eigenvalue weighted by Crippen LogP contribution is 2.41. The molecule has 1 aromatic heterocycles. The van der Waals surface area contributed by atoms with Crippen molar-refractivity contribution in [3.8, 4) is 0 Å². The maximum absolute atomic E-state index is 12.9. The highest BCUT2D eigenvalue weighted by atomic mass is 32.2. The molecule has 3 rings (SSSR count). The standard InChI is InChI=1S/C16H21NO3S2/c18-14(19)4-3-11-2-1-7-17(10-11)16(20)15-12-5-8-21-13(12)6-9-22-15/h5,8,11,15H,1-4,6-7,9-10H2,(H,18,19). The van der Waals surface area contributed by atoms with E-state index in [1.807, 2.05) is 4.90 Å². The third-order valence-corrected chi connectivity index (χ3v) is 6.72. The van der Waals surface area contributed by atoms with Crippen LogP contribution in [0.4, 0.5) is 0 Å². The molecule has 1 amide bonds. The molecular weight excluding hydrogens is 318 g/mol. The second-order valence-electron chi connectivity index (χ2n) is 6.02. The number of aliphatic carboxylic acids is 1. The third-order valence-electron chi connectivity index (χ3n) is 4.50. The summed E-state index contributed by atoms with van der Waals surface area (Å²) >= 11 is 3.51. The number of amides is 1. The van der Waals surface area contributed by atoms with Gasteiger partial charge in [-0.25, -0.2) is 0 Å². The number of carboxylic acid groups (broad SMARTS) is 1. The van der Waals surface area contributed by atoms with E-state index in [0.29, 0.717) is 12.3 Å². The molecular formula is C16H21NO3S2. The number of fused-ring (bicyclic) bond motifs is 1. The molecule has 120 valence electrons. The molecule has 1 fully saturated rings. The second-order valence-corrected chi connectivity index (χ2v) is 8.24. The van der Waals surface area contributed by atoms with Crippen LogP contribution in [-0.2, 0) is 16.0 Å². The first-order valence-electron chi connectivity index (χ1n) is 7.83. The maximum Gasteiger partial charge on any atom is 0.303 e. The van der Waals surface area contributed by atoms with Crippen molar-refractivity contribution in [3.05, 3.63) is 21.9 Å². The predicted octanol–water partition coefficient (Wildman–Crippen LogP) is 3.18. The zero-order chi connectivity index (χ0) is 15.5. The predicted molar refractivity (Wildman–Crippen MR) is 89.4 cm³/mol. The molecule has 0 saturated carbocycles. The first-order valence-corrected chi connectivity index (χ1v) is 9.76. The van der Waals surface area contributed by atoms with Gasteiger partial charge in [0.05, 0.1) is 0 Å². The summed E-state index contributed by atoms with van der Waals surface area (Å²) in [5.74, 6) is 0.836. The highest BCUT2D eigenvalue weighted by Gasteiger charge is 2.33. The number of thioether (sulfide) groups is 1. The number of thiophene rings is 1. The molecule has 0 spiro atoms. The average molecular weight is 339 g/mol. The van der Waals surface area contributed by atoms with E-state index in [1.54, 1.807) is 23.1 Å². The fourth-order valence-electron chi connectivity index (χ4n) is 3.35. The number of aryl methyl sites for hydroxylation is 1. The molecule has 2 aliphatic rings. The summed E-state index contributed by atoms with van der Waals surface area (Å²) in [6.07, 6.45) is 3.99. The minimum atomic E-state index is -0.741. The van der Waals surface area contributed by atoms with E-state index in [1.165, 1.54) is 10.4 Å². The van der Waals surface area contributed by atoms with Crippen molar-refractivity contribution in [3.63, 3.8) is 0 Å². The van der Waals surface area contributed by atoms with Crippen molar-refractivity contribution in [1.29, 1.82) is 0 Å². The Hall–Kier alpha value is -1.01. The van der Waals surface area contributed by atoms with Crippen LogP contribution in [0.2, 0.25) is 0 Å². The van der Waals surface area contributed by atoms with Gasteiger partial charge in [0.1, 0.15) is 5.25 Å². The van der Waals surface area contributed by atoms with Gasteiger partial charge in [-0.3, -0.25) is 9.59 Å². The number of carboxylic acids is 1. The van der Waals surface area contributed by atoms with Gasteiger partial charge in [0.15, 0.2) is 0 Å². The van der Waals surface area contributed by atoms with Crippen LogP contribution < -0.4 is 0 Å². The number of likely N-dealkylation sites (tertiary alicyclic amines) is 1. The largest absolute Gasteiger partial charge is 0.481 e. The normalized spacial score (nSPS) is 24.8. The Morgan fingerprint density at radius 2 is 2.27 bits per heavy atom. The van der Waals surface area contributed by atoms with Crippen LogP contribution in [0.15, 0.2) is 11.4 Å². The minimum absolute atomic E-state index is 0.0479. The first kappa shape index (κ1) is 15.9. The Labute approximate surface area is 138 Å². The lowest BCUT2D eigenvalue weighted by atomic mass is 9.93. The topological polar surface area (TPSA) is 57.6 Å². The fraction of sp³-hybridized carbons (Fsp3) is 0.625. The van der Waals surface area contributed by atoms with Gasteiger partial charge in [0.25, 0.3) is 0 Å². The Bertz CT molecular complexity index is 557. The summed E-state index contributed by atoms with van der Waals surface area (Å²) in [6.45, 7) is 1.54. The molecule has 1 aromatic rings. The summed E-state index contributed by atoms with van der Waals surface area (Å²) in [7, 11) is 0. The summed E-state index contributed by atoms with van der Waals surface area (Å²) in [4.78, 5) is 27.0. The molecule has 0 aromatic carbocycles. The quantitative estimate of drug-likeness (QED) is 0.915. The van der Waals surface area contributed by atoms with Gasteiger partial charge in [-0.2, -0.15) is 0 Å². The Balaban J connectivity index is 1.64. The van der Waals surface area contributed by atoms with E-state index in [0.717, 1.165) is 38.1 Å². The first-order chi connectivity index (χ1) is 10.6. The lowest BCUT2D eigenvalue weighted by molar-refractivity contribution is -0.137. The van der Waals surface area contributed by atoms with Crippen LogP contribution in [0.25, 0.3) is 0 Å². The van der Waals surface area contributed by atoms with E-state index in [9.17, 15) is 9.59 Å². The van der Waals surface area contributed by atoms with Gasteiger partial charge < -0.3 is 10.0 Å². The Kier molecular flexibility index (Phi) is 5.08. The van der Waals surface area contributed by atoms with Gasteiger partial charge in [0.2, 0.25) is 5.91 Å². The average Bonchev–Trinajstić information content (AvgIpc) is 3.01. The highest BCUT2D eigenvalue weighted by molar-refractivity contribution is 8.00. The van der Waals surface area contributed by atoms with Crippen molar-refractivity contribution in [2.45, 2.75) is 37.4 Å². The maximum atomic E-state index is 12.9. The Morgan fingerprint density at radius 1 is 1.41 bits per heavy atom. The van der Waals surface area contributed by atoms with E-state index in [-0.39, 0.29) is 17.6 Å². The summed E-state index contributed by atoms with van der Waals surface area (Å²) in [5.41, 5.74) is 1.21. The number of carbonyl (C=O) groups is 2. The van der Waals surface area contributed by atoms with Crippen LogP contribution in [0, 0.1) is 5.92 Å². The van der Waals surface area contributed by atoms with Crippen LogP contribution in [0.5, 0.6) is 0 Å². The molecule has 6 heteroatoms. The summed E-state index contributed by atoms with van der Waals surface area (Å²) < 4.78 is 0. The van der Waals surface area contributed by atoms with E-state index in [4.69, 9.17) is 5.11 Å². The zero-order valence-electron chi connectivity index (χ0n) is 12.5. The van der Waals surface area contributed by atoms with Gasteiger partial charge in [-0.1, -0.05) is 0 Å². The number of nitrogens with zero attached hydrogens (tertiary/aromatic N) is 1. The summed E-state index contributed by atoms with van der Waals surface area (Å²) in [5, 5.41) is 10.9. The monoisotopic (exact) mass is 339 g/mol. The van der Waals surface area contributed by atoms with Crippen molar-refractivity contribution in [2.24, 2.45) is 5.92 Å². The molecule has 1 N–H and O–H groups in total. The molecule has 2 atom stereocenters. The number of piperidine rings is 1. The third kappa shape index (κ3) is 3.49. The second kappa shape index (κ2) is 7.04. The number of carbonyl (C=O) groups excluding carboxylic acids is 1. The number of hydrogen-bond acceptors (Lipinski definition) is 4. The molecule has 1 saturated heterocycles. The van der Waals surface area contributed by atoms with E-state index >= 15 is 0 Å². The number of rotatable bonds is 4. The van der Waals surface area contributed by atoms with Gasteiger partial charge in [-0.15, -0.1) is 23.1 Å². The van der Waals surface area contributed by atoms with Crippen molar-refractivity contribution < 1.29 is 14.7 Å².